The molecular weight excluding hydrogens is 501 g/mol. The fourth-order valence-electron chi connectivity index (χ4n) is 2.26. The van der Waals surface area contributed by atoms with E-state index in [4.69, 9.17) is 69.6 Å². The molecule has 30 heavy (non-hydrogen) atoms. The molecule has 0 atom stereocenters. The van der Waals surface area contributed by atoms with E-state index in [0.29, 0.717) is 10.0 Å². The Morgan fingerprint density at radius 2 is 0.767 bits per heavy atom. The molecule has 0 nitrogen and oxygen atoms in total. The molecule has 0 heterocycles. The number of rotatable bonds is 0. The minimum atomic E-state index is 0.668. The summed E-state index contributed by atoms with van der Waals surface area (Å²) in [5.74, 6) is 0. The van der Waals surface area contributed by atoms with Crippen LogP contribution in [0.2, 0.25) is 30.1 Å². The summed E-state index contributed by atoms with van der Waals surface area (Å²) in [6.07, 6.45) is 0. The Kier molecular flexibility index (Phi) is 11.4. The number of benzene rings is 3. The molecule has 0 radical (unpaired) electrons. The summed E-state index contributed by atoms with van der Waals surface area (Å²) in [5, 5.41) is 4.38. The van der Waals surface area contributed by atoms with Gasteiger partial charge in [-0.3, -0.25) is 0 Å². The second-order valence-electron chi connectivity index (χ2n) is 7.03. The van der Waals surface area contributed by atoms with Gasteiger partial charge in [-0.1, -0.05) is 81.7 Å². The third kappa shape index (κ3) is 8.15. The molecule has 0 unspecified atom stereocenters. The fraction of sp³-hybridized carbons (Fsp3) is 0.250. The zero-order valence-electron chi connectivity index (χ0n) is 17.7. The lowest BCUT2D eigenvalue weighted by molar-refractivity contribution is 1.40. The first-order valence-electron chi connectivity index (χ1n) is 9.10. The smallest absolute Gasteiger partial charge is 0.0624 e. The Morgan fingerprint density at radius 3 is 1.10 bits per heavy atom. The van der Waals surface area contributed by atoms with Gasteiger partial charge in [0.05, 0.1) is 10.0 Å². The molecule has 0 N–H and O–H groups in total. The van der Waals surface area contributed by atoms with Crippen LogP contribution in [-0.2, 0) is 0 Å². The molecule has 0 fully saturated rings. The van der Waals surface area contributed by atoms with E-state index in [1.807, 2.05) is 77.9 Å². The van der Waals surface area contributed by atoms with Crippen LogP contribution in [0.4, 0.5) is 0 Å². The number of hydrogen-bond donors (Lipinski definition) is 0. The first-order chi connectivity index (χ1) is 13.8. The second-order valence-corrected chi connectivity index (χ2v) is 9.42. The van der Waals surface area contributed by atoms with Crippen molar-refractivity contribution in [2.45, 2.75) is 41.5 Å². The molecule has 0 saturated carbocycles. The van der Waals surface area contributed by atoms with Gasteiger partial charge < -0.3 is 0 Å². The fourth-order valence-corrected chi connectivity index (χ4v) is 3.72. The molecule has 6 heteroatoms. The molecule has 162 valence electrons. The zero-order chi connectivity index (χ0) is 23.2. The van der Waals surface area contributed by atoms with Crippen LogP contribution in [0.25, 0.3) is 0 Å². The molecule has 0 bridgehead atoms. The highest BCUT2D eigenvalue weighted by Gasteiger charge is 2.02. The molecular formula is C24H24Cl6. The van der Waals surface area contributed by atoms with Crippen LogP contribution < -0.4 is 0 Å². The van der Waals surface area contributed by atoms with Gasteiger partial charge in [-0.25, -0.2) is 0 Å². The molecule has 0 spiro atoms. The topological polar surface area (TPSA) is 0 Å². The Morgan fingerprint density at radius 1 is 0.433 bits per heavy atom. The van der Waals surface area contributed by atoms with Crippen LogP contribution in [0, 0.1) is 41.5 Å². The average molecular weight is 525 g/mol. The third-order valence-electron chi connectivity index (χ3n) is 4.33. The molecule has 3 aromatic rings. The van der Waals surface area contributed by atoms with Crippen LogP contribution in [0.5, 0.6) is 0 Å². The van der Waals surface area contributed by atoms with E-state index in [1.54, 1.807) is 0 Å². The summed E-state index contributed by atoms with van der Waals surface area (Å²) < 4.78 is 0. The Labute approximate surface area is 210 Å². The largest absolute Gasteiger partial charge is 0.0840 e. The van der Waals surface area contributed by atoms with Crippen molar-refractivity contribution in [3.05, 3.63) is 99.9 Å². The molecule has 0 aromatic heterocycles. The van der Waals surface area contributed by atoms with Crippen LogP contribution in [0.15, 0.2) is 36.4 Å². The highest BCUT2D eigenvalue weighted by atomic mass is 35.5. The minimum absolute atomic E-state index is 0.668. The van der Waals surface area contributed by atoms with Gasteiger partial charge in [-0.05, 0) is 99.2 Å². The zero-order valence-corrected chi connectivity index (χ0v) is 22.3. The molecule has 0 aliphatic carbocycles. The summed E-state index contributed by atoms with van der Waals surface area (Å²) in [4.78, 5) is 0. The lowest BCUT2D eigenvalue weighted by atomic mass is 10.2. The standard InChI is InChI=1S/3C8H8Cl2/c1-5-3-8(10)6(2)4-7(5)9;1-5-3-7(9)6(2)8(10)4-5;1-5-3-4-6(2)8(10)7(5)9/h3*3-4H,1-2H3. The monoisotopic (exact) mass is 522 g/mol. The summed E-state index contributed by atoms with van der Waals surface area (Å²) in [7, 11) is 0. The van der Waals surface area contributed by atoms with E-state index in [0.717, 1.165) is 53.5 Å². The van der Waals surface area contributed by atoms with Gasteiger partial charge in [0.2, 0.25) is 0 Å². The van der Waals surface area contributed by atoms with Gasteiger partial charge in [0.15, 0.2) is 0 Å². The first kappa shape index (κ1) is 27.4. The summed E-state index contributed by atoms with van der Waals surface area (Å²) in [6.45, 7) is 11.6. The summed E-state index contributed by atoms with van der Waals surface area (Å²) in [6, 6.07) is 11.5. The lowest BCUT2D eigenvalue weighted by Gasteiger charge is -2.01. The van der Waals surface area contributed by atoms with Gasteiger partial charge in [0, 0.05) is 20.1 Å². The maximum atomic E-state index is 5.85. The van der Waals surface area contributed by atoms with Gasteiger partial charge >= 0.3 is 0 Å². The molecule has 3 rings (SSSR count). The average Bonchev–Trinajstić information content (AvgIpc) is 2.67. The van der Waals surface area contributed by atoms with E-state index >= 15 is 0 Å². The van der Waals surface area contributed by atoms with Crippen molar-refractivity contribution >= 4 is 69.6 Å². The Balaban J connectivity index is 0.000000225. The molecule has 0 aliphatic rings. The molecule has 0 aliphatic heterocycles. The summed E-state index contributed by atoms with van der Waals surface area (Å²) in [5.41, 5.74) is 6.15. The van der Waals surface area contributed by atoms with E-state index in [-0.39, 0.29) is 0 Å². The van der Waals surface area contributed by atoms with Crippen LogP contribution in [0.3, 0.4) is 0 Å². The van der Waals surface area contributed by atoms with Crippen molar-refractivity contribution in [3.8, 4) is 0 Å². The predicted octanol–water partition coefficient (Wildman–Crippen LogP) is 10.8. The predicted molar refractivity (Wildman–Crippen MR) is 138 cm³/mol. The van der Waals surface area contributed by atoms with Crippen molar-refractivity contribution in [2.24, 2.45) is 0 Å². The van der Waals surface area contributed by atoms with Crippen LogP contribution in [-0.4, -0.2) is 0 Å². The van der Waals surface area contributed by atoms with Crippen molar-refractivity contribution in [1.82, 2.24) is 0 Å². The lowest BCUT2D eigenvalue weighted by Crippen LogP contribution is -1.79. The highest BCUT2D eigenvalue weighted by Crippen LogP contribution is 2.28. The number of halogens is 6. The van der Waals surface area contributed by atoms with Gasteiger partial charge in [-0.2, -0.15) is 0 Å². The van der Waals surface area contributed by atoms with Crippen molar-refractivity contribution in [2.75, 3.05) is 0 Å². The summed E-state index contributed by atoms with van der Waals surface area (Å²) >= 11 is 35.0. The SMILES string of the molecule is Cc1cc(Cl)c(C)c(Cl)c1.Cc1cc(Cl)c(C)cc1Cl.Cc1ccc(C)c(Cl)c1Cl. The van der Waals surface area contributed by atoms with Gasteiger partial charge in [0.25, 0.3) is 0 Å². The van der Waals surface area contributed by atoms with Crippen molar-refractivity contribution < 1.29 is 0 Å². The van der Waals surface area contributed by atoms with Crippen LogP contribution >= 0.6 is 69.6 Å². The van der Waals surface area contributed by atoms with Crippen molar-refractivity contribution in [3.63, 3.8) is 0 Å². The quantitative estimate of drug-likeness (QED) is 0.274. The highest BCUT2D eigenvalue weighted by molar-refractivity contribution is 6.43. The van der Waals surface area contributed by atoms with E-state index in [1.165, 1.54) is 0 Å². The third-order valence-corrected chi connectivity index (χ3v) is 7.00. The molecule has 3 aromatic carbocycles. The van der Waals surface area contributed by atoms with E-state index < -0.39 is 0 Å². The minimum Gasteiger partial charge on any atom is -0.0840 e. The normalized spacial score (nSPS) is 10.0. The number of hydrogen-bond acceptors (Lipinski definition) is 0. The maximum Gasteiger partial charge on any atom is 0.0624 e. The van der Waals surface area contributed by atoms with Gasteiger partial charge in [-0.15, -0.1) is 0 Å². The first-order valence-corrected chi connectivity index (χ1v) is 11.4. The number of aryl methyl sites for hydroxylation is 5. The Hall–Kier alpha value is -0.600. The van der Waals surface area contributed by atoms with E-state index in [2.05, 4.69) is 0 Å². The van der Waals surface area contributed by atoms with Gasteiger partial charge in [0.1, 0.15) is 0 Å². The van der Waals surface area contributed by atoms with E-state index in [9.17, 15) is 0 Å². The Bertz CT molecular complexity index is 924. The second kappa shape index (κ2) is 12.4. The molecule has 0 saturated heterocycles. The van der Waals surface area contributed by atoms with Crippen LogP contribution in [0.1, 0.15) is 33.4 Å². The maximum absolute atomic E-state index is 5.85. The van der Waals surface area contributed by atoms with Crippen molar-refractivity contribution in [1.29, 1.82) is 0 Å². The molecule has 0 amide bonds.